The Hall–Kier alpha value is -2.67. The lowest BCUT2D eigenvalue weighted by Crippen LogP contribution is -2.11. The molecule has 0 atom stereocenters. The fraction of sp³-hybridized carbons (Fsp3) is 0.0769. The molecule has 0 aromatic carbocycles. The number of pyridine rings is 2. The van der Waals surface area contributed by atoms with Gasteiger partial charge in [-0.05, 0) is 12.1 Å². The zero-order chi connectivity index (χ0) is 15.0. The van der Waals surface area contributed by atoms with Gasteiger partial charge >= 0.3 is 5.97 Å². The van der Waals surface area contributed by atoms with Gasteiger partial charge in [0.15, 0.2) is 0 Å². The smallest absolute Gasteiger partial charge is 0.341 e. The van der Waals surface area contributed by atoms with Crippen LogP contribution in [0.1, 0.15) is 10.4 Å². The summed E-state index contributed by atoms with van der Waals surface area (Å²) in [6.45, 7) is 0. The molecule has 0 saturated heterocycles. The second kappa shape index (κ2) is 5.02. The lowest BCUT2D eigenvalue weighted by Gasteiger charge is -2.11. The van der Waals surface area contributed by atoms with Crippen molar-refractivity contribution < 1.29 is 9.53 Å². The first kappa shape index (κ1) is 13.3. The molecule has 0 amide bonds. The van der Waals surface area contributed by atoms with Crippen molar-refractivity contribution in [2.45, 2.75) is 0 Å². The van der Waals surface area contributed by atoms with Gasteiger partial charge in [0.2, 0.25) is 0 Å². The van der Waals surface area contributed by atoms with Crippen LogP contribution in [0.25, 0.3) is 16.9 Å². The number of hydrogen-bond acceptors (Lipinski definition) is 5. The number of carbonyl (C=O) groups is 1. The van der Waals surface area contributed by atoms with Crippen LogP contribution in [0, 0.1) is 0 Å². The number of carbonyl (C=O) groups excluding carboxylic acids is 1. The number of H-pyrrole nitrogens is 1. The van der Waals surface area contributed by atoms with E-state index in [0.717, 1.165) is 0 Å². The van der Waals surface area contributed by atoms with E-state index in [9.17, 15) is 9.59 Å². The minimum atomic E-state index is -0.582. The van der Waals surface area contributed by atoms with E-state index in [1.165, 1.54) is 19.5 Å². The molecule has 3 rings (SSSR count). The summed E-state index contributed by atoms with van der Waals surface area (Å²) in [6.07, 6.45) is 4.62. The summed E-state index contributed by atoms with van der Waals surface area (Å²) in [5.74, 6) is -0.582. The Balaban J connectivity index is 2.29. The number of rotatable bonds is 2. The Morgan fingerprint density at radius 3 is 2.95 bits per heavy atom. The first-order valence-corrected chi connectivity index (χ1v) is 6.28. The molecule has 106 valence electrons. The second-order valence-electron chi connectivity index (χ2n) is 4.22. The largest absolute Gasteiger partial charge is 0.465 e. The molecule has 1 aromatic rings. The summed E-state index contributed by atoms with van der Waals surface area (Å²) < 4.78 is 6.32. The van der Waals surface area contributed by atoms with Crippen LogP contribution < -0.4 is 5.56 Å². The number of nitrogens with one attached hydrogen (secondary N) is 1. The van der Waals surface area contributed by atoms with Gasteiger partial charge in [-0.15, -0.1) is 0 Å². The van der Waals surface area contributed by atoms with Gasteiger partial charge in [0.1, 0.15) is 16.4 Å². The Bertz CT molecular complexity index is 855. The van der Waals surface area contributed by atoms with Gasteiger partial charge < -0.3 is 9.30 Å². The summed E-state index contributed by atoms with van der Waals surface area (Å²) in [6, 6.07) is 3.31. The average Bonchev–Trinajstić information content (AvgIpc) is 2.87. The molecule has 0 spiro atoms. The Labute approximate surface area is 123 Å². The highest BCUT2D eigenvalue weighted by molar-refractivity contribution is 6.29. The average molecular weight is 305 g/mol. The molecule has 0 unspecified atom stereocenters. The van der Waals surface area contributed by atoms with E-state index in [1.54, 1.807) is 22.9 Å². The third-order valence-electron chi connectivity index (χ3n) is 2.97. The van der Waals surface area contributed by atoms with Gasteiger partial charge in [0, 0.05) is 24.3 Å². The Kier molecular flexibility index (Phi) is 3.19. The molecule has 0 saturated carbocycles. The van der Waals surface area contributed by atoms with E-state index < -0.39 is 5.97 Å². The van der Waals surface area contributed by atoms with Crippen LogP contribution in [0.5, 0.6) is 0 Å². The van der Waals surface area contributed by atoms with Crippen molar-refractivity contribution in [1.29, 1.82) is 0 Å². The normalized spacial score (nSPS) is 10.8. The number of methoxy groups -OCH3 is 1. The highest BCUT2D eigenvalue weighted by Gasteiger charge is 2.22. The number of aromatic nitrogens is 4. The van der Waals surface area contributed by atoms with Crippen LogP contribution in [0.2, 0.25) is 5.15 Å². The van der Waals surface area contributed by atoms with Gasteiger partial charge in [0.25, 0.3) is 5.56 Å². The minimum Gasteiger partial charge on any atom is -0.465 e. The SMILES string of the molecule is COC(=O)c1cn(-c2ccnc(Cl)c2)cc2c(=O)[nH]nc1-2. The topological polar surface area (TPSA) is 89.9 Å². The van der Waals surface area contributed by atoms with Crippen LogP contribution >= 0.6 is 11.6 Å². The summed E-state index contributed by atoms with van der Waals surface area (Å²) in [5.41, 5.74) is 1.00. The lowest BCUT2D eigenvalue weighted by molar-refractivity contribution is 0.0600. The number of esters is 1. The number of fused-ring (bicyclic) bond motifs is 1. The van der Waals surface area contributed by atoms with Crippen LogP contribution in [-0.2, 0) is 4.74 Å². The van der Waals surface area contributed by atoms with Crippen LogP contribution in [-0.4, -0.2) is 32.8 Å². The highest BCUT2D eigenvalue weighted by Crippen LogP contribution is 2.23. The summed E-state index contributed by atoms with van der Waals surface area (Å²) >= 11 is 5.86. The van der Waals surface area contributed by atoms with Crippen molar-refractivity contribution in [3.8, 4) is 16.9 Å². The van der Waals surface area contributed by atoms with E-state index in [1.807, 2.05) is 0 Å². The molecule has 2 aliphatic rings. The maximum atomic E-state index is 11.9. The number of nitrogens with zero attached hydrogens (tertiary/aromatic N) is 3. The number of aromatic amines is 1. The van der Waals surface area contributed by atoms with Crippen molar-refractivity contribution in [3.05, 3.63) is 51.8 Å². The highest BCUT2D eigenvalue weighted by atomic mass is 35.5. The van der Waals surface area contributed by atoms with Crippen molar-refractivity contribution >= 4 is 17.6 Å². The summed E-state index contributed by atoms with van der Waals surface area (Å²) in [4.78, 5) is 27.5. The van der Waals surface area contributed by atoms with E-state index in [-0.39, 0.29) is 22.4 Å². The standard InChI is InChI=1S/C13H9ClN4O3/c1-21-13(20)9-6-18(7-2-3-15-10(14)4-7)5-8-11(9)16-17-12(8)19/h2-6H,1H3,(H,17,19). The third-order valence-corrected chi connectivity index (χ3v) is 3.18. The molecule has 1 aromatic heterocycles. The van der Waals surface area contributed by atoms with E-state index >= 15 is 0 Å². The van der Waals surface area contributed by atoms with Gasteiger partial charge in [-0.25, -0.2) is 14.9 Å². The second-order valence-corrected chi connectivity index (χ2v) is 4.61. The molecule has 0 bridgehead atoms. The first-order valence-electron chi connectivity index (χ1n) is 5.91. The van der Waals surface area contributed by atoms with Crippen LogP contribution in [0.3, 0.4) is 0 Å². The predicted octanol–water partition coefficient (Wildman–Crippen LogP) is 1.50. The lowest BCUT2D eigenvalue weighted by atomic mass is 10.1. The molecular formula is C13H9ClN4O3. The maximum Gasteiger partial charge on any atom is 0.341 e. The molecule has 0 fully saturated rings. The quantitative estimate of drug-likeness (QED) is 0.572. The van der Waals surface area contributed by atoms with Gasteiger partial charge in [-0.3, -0.25) is 4.79 Å². The fourth-order valence-corrected chi connectivity index (χ4v) is 2.17. The molecule has 0 radical (unpaired) electrons. The molecule has 0 aliphatic carbocycles. The van der Waals surface area contributed by atoms with Gasteiger partial charge in [-0.2, -0.15) is 5.10 Å². The predicted molar refractivity (Wildman–Crippen MR) is 75.0 cm³/mol. The Morgan fingerprint density at radius 2 is 2.24 bits per heavy atom. The Morgan fingerprint density at radius 1 is 1.43 bits per heavy atom. The van der Waals surface area contributed by atoms with Gasteiger partial charge in [0.05, 0.1) is 12.7 Å². The molecular weight excluding hydrogens is 296 g/mol. The van der Waals surface area contributed by atoms with E-state index in [2.05, 4.69) is 15.2 Å². The van der Waals surface area contributed by atoms with Gasteiger partial charge in [-0.1, -0.05) is 11.6 Å². The van der Waals surface area contributed by atoms with E-state index in [4.69, 9.17) is 16.3 Å². The van der Waals surface area contributed by atoms with Crippen molar-refractivity contribution in [3.63, 3.8) is 0 Å². The van der Waals surface area contributed by atoms with Crippen LogP contribution in [0.4, 0.5) is 0 Å². The molecule has 2 aliphatic heterocycles. The number of hydrogen-bond donors (Lipinski definition) is 1. The monoisotopic (exact) mass is 304 g/mol. The summed E-state index contributed by atoms with van der Waals surface area (Å²) in [7, 11) is 1.26. The van der Waals surface area contributed by atoms with Crippen molar-refractivity contribution in [2.75, 3.05) is 7.11 Å². The summed E-state index contributed by atoms with van der Waals surface area (Å²) in [5, 5.41) is 6.47. The third kappa shape index (κ3) is 2.27. The van der Waals surface area contributed by atoms with Crippen LogP contribution in [0.15, 0.2) is 35.5 Å². The fourth-order valence-electron chi connectivity index (χ4n) is 2.00. The first-order chi connectivity index (χ1) is 10.1. The zero-order valence-electron chi connectivity index (χ0n) is 10.8. The van der Waals surface area contributed by atoms with E-state index in [0.29, 0.717) is 10.8 Å². The molecule has 8 heteroatoms. The number of ether oxygens (including phenoxy) is 1. The molecule has 21 heavy (non-hydrogen) atoms. The zero-order valence-corrected chi connectivity index (χ0v) is 11.6. The molecule has 3 heterocycles. The molecule has 7 nitrogen and oxygen atoms in total. The molecule has 1 N–H and O–H groups in total. The number of halogens is 1. The maximum absolute atomic E-state index is 11.9. The van der Waals surface area contributed by atoms with Crippen molar-refractivity contribution in [1.82, 2.24) is 19.7 Å². The van der Waals surface area contributed by atoms with Crippen molar-refractivity contribution in [2.24, 2.45) is 0 Å². The minimum absolute atomic E-state index is 0.182.